The molecule has 5 nitrogen and oxygen atoms in total. The van der Waals surface area contributed by atoms with Crippen LogP contribution in [0.3, 0.4) is 0 Å². The summed E-state index contributed by atoms with van der Waals surface area (Å²) in [6.45, 7) is 0.917. The molecule has 1 spiro atoms. The normalized spacial score (nSPS) is 32.1. The largest absolute Gasteiger partial charge is 0.481 e. The average molecular weight is 281 g/mol. The van der Waals surface area contributed by atoms with Gasteiger partial charge in [-0.3, -0.25) is 4.79 Å². The average Bonchev–Trinajstić information content (AvgIpc) is 2.80. The molecule has 1 saturated heterocycles. The number of rotatable bonds is 1. The summed E-state index contributed by atoms with van der Waals surface area (Å²) < 4.78 is 24.2. The van der Waals surface area contributed by atoms with Gasteiger partial charge in [-0.25, -0.2) is 8.42 Å². The van der Waals surface area contributed by atoms with Gasteiger partial charge in [-0.2, -0.15) is 0 Å². The van der Waals surface area contributed by atoms with Gasteiger partial charge >= 0.3 is 5.97 Å². The molecule has 102 valence electrons. The molecule has 0 saturated carbocycles. The number of fused-ring (bicyclic) bond motifs is 2. The summed E-state index contributed by atoms with van der Waals surface area (Å²) in [5.74, 6) is -1.40. The summed E-state index contributed by atoms with van der Waals surface area (Å²) >= 11 is 0. The van der Waals surface area contributed by atoms with E-state index in [0.717, 1.165) is 0 Å². The Hall–Kier alpha value is -1.40. The van der Waals surface area contributed by atoms with Gasteiger partial charge in [-0.15, -0.1) is 0 Å². The summed E-state index contributed by atoms with van der Waals surface area (Å²) in [5.41, 5.74) is 0.0759. The van der Waals surface area contributed by atoms with Crippen molar-refractivity contribution in [3.8, 4) is 0 Å². The van der Waals surface area contributed by atoms with E-state index in [4.69, 9.17) is 0 Å². The molecule has 0 aliphatic carbocycles. The number of carboxylic acid groups (broad SMARTS) is 1. The molecule has 2 aliphatic heterocycles. The molecule has 2 atom stereocenters. The molecule has 19 heavy (non-hydrogen) atoms. The van der Waals surface area contributed by atoms with Crippen LogP contribution in [0.15, 0.2) is 29.2 Å². The zero-order chi connectivity index (χ0) is 13.7. The number of hydrogen-bond acceptors (Lipinski definition) is 4. The quantitative estimate of drug-likeness (QED) is 0.779. The van der Waals surface area contributed by atoms with Crippen molar-refractivity contribution >= 4 is 15.8 Å². The third-order valence-corrected chi connectivity index (χ3v) is 6.10. The number of benzene rings is 1. The molecular weight excluding hydrogens is 266 g/mol. The van der Waals surface area contributed by atoms with Crippen LogP contribution in [-0.2, 0) is 20.0 Å². The zero-order valence-corrected chi connectivity index (χ0v) is 11.1. The Morgan fingerprint density at radius 3 is 2.84 bits per heavy atom. The second-order valence-corrected chi connectivity index (χ2v) is 7.32. The molecule has 6 heteroatoms. The van der Waals surface area contributed by atoms with Crippen molar-refractivity contribution < 1.29 is 18.3 Å². The summed E-state index contributed by atoms with van der Waals surface area (Å²) in [4.78, 5) is 11.8. The van der Waals surface area contributed by atoms with E-state index in [9.17, 15) is 18.3 Å². The van der Waals surface area contributed by atoms with Crippen LogP contribution in [0.2, 0.25) is 0 Å². The molecule has 2 heterocycles. The predicted octanol–water partition coefficient (Wildman–Crippen LogP) is 0.406. The lowest BCUT2D eigenvalue weighted by Gasteiger charge is -2.37. The molecule has 1 aromatic carbocycles. The van der Waals surface area contributed by atoms with E-state index >= 15 is 0 Å². The predicted molar refractivity (Wildman–Crippen MR) is 68.8 cm³/mol. The Morgan fingerprint density at radius 1 is 1.37 bits per heavy atom. The van der Waals surface area contributed by atoms with Crippen LogP contribution in [0.5, 0.6) is 0 Å². The number of aliphatic carboxylic acids is 1. The standard InChI is InChI=1S/C13H15NO4S/c15-12(16)10-7-14-8-13(10)5-6-19(17,18)11-4-2-1-3-9(11)13/h1-4,10,14H,5-8H2,(H,15,16). The van der Waals surface area contributed by atoms with Crippen LogP contribution >= 0.6 is 0 Å². The van der Waals surface area contributed by atoms with E-state index in [-0.39, 0.29) is 5.75 Å². The first-order chi connectivity index (χ1) is 8.97. The summed E-state index contributed by atoms with van der Waals surface area (Å²) in [5, 5.41) is 12.5. The minimum Gasteiger partial charge on any atom is -0.481 e. The molecule has 2 aliphatic rings. The lowest BCUT2D eigenvalue weighted by molar-refractivity contribution is -0.143. The second-order valence-electron chi connectivity index (χ2n) is 5.24. The Labute approximate surface area is 111 Å². The fraction of sp³-hybridized carbons (Fsp3) is 0.462. The fourth-order valence-corrected chi connectivity index (χ4v) is 5.08. The monoisotopic (exact) mass is 281 g/mol. The zero-order valence-electron chi connectivity index (χ0n) is 10.3. The maximum atomic E-state index is 12.1. The Kier molecular flexibility index (Phi) is 2.69. The highest BCUT2D eigenvalue weighted by molar-refractivity contribution is 7.91. The van der Waals surface area contributed by atoms with Crippen molar-refractivity contribution in [3.63, 3.8) is 0 Å². The number of carboxylic acids is 1. The van der Waals surface area contributed by atoms with Crippen molar-refractivity contribution in [3.05, 3.63) is 29.8 Å². The van der Waals surface area contributed by atoms with Gasteiger partial charge in [-0.1, -0.05) is 18.2 Å². The Bertz CT molecular complexity index is 640. The maximum absolute atomic E-state index is 12.1. The van der Waals surface area contributed by atoms with Gasteiger partial charge < -0.3 is 10.4 Å². The van der Waals surface area contributed by atoms with Crippen molar-refractivity contribution in [1.82, 2.24) is 5.32 Å². The van der Waals surface area contributed by atoms with E-state index in [1.807, 2.05) is 0 Å². The van der Waals surface area contributed by atoms with Crippen LogP contribution in [0, 0.1) is 5.92 Å². The van der Waals surface area contributed by atoms with E-state index in [1.165, 1.54) is 0 Å². The van der Waals surface area contributed by atoms with E-state index in [1.54, 1.807) is 24.3 Å². The van der Waals surface area contributed by atoms with Crippen LogP contribution in [0.25, 0.3) is 0 Å². The molecule has 0 aromatic heterocycles. The first-order valence-electron chi connectivity index (χ1n) is 6.23. The van der Waals surface area contributed by atoms with Crippen LogP contribution in [-0.4, -0.2) is 38.3 Å². The van der Waals surface area contributed by atoms with Gasteiger partial charge in [0.25, 0.3) is 0 Å². The molecule has 3 rings (SSSR count). The number of sulfone groups is 1. The Balaban J connectivity index is 2.23. The van der Waals surface area contributed by atoms with E-state index < -0.39 is 27.1 Å². The van der Waals surface area contributed by atoms with Gasteiger partial charge in [0.2, 0.25) is 0 Å². The fourth-order valence-electron chi connectivity index (χ4n) is 3.34. The van der Waals surface area contributed by atoms with Gasteiger partial charge in [0, 0.05) is 18.5 Å². The molecule has 0 bridgehead atoms. The van der Waals surface area contributed by atoms with Crippen LogP contribution in [0.1, 0.15) is 12.0 Å². The topological polar surface area (TPSA) is 83.5 Å². The highest BCUT2D eigenvalue weighted by Crippen LogP contribution is 2.45. The minimum atomic E-state index is -3.28. The molecule has 1 aromatic rings. The SMILES string of the molecule is O=C(O)C1CNCC12CCS(=O)(=O)c1ccccc12. The minimum absolute atomic E-state index is 0.0233. The van der Waals surface area contributed by atoms with Crippen molar-refractivity contribution in [1.29, 1.82) is 0 Å². The van der Waals surface area contributed by atoms with Crippen molar-refractivity contribution in [2.45, 2.75) is 16.7 Å². The van der Waals surface area contributed by atoms with Gasteiger partial charge in [0.15, 0.2) is 9.84 Å². The molecule has 0 radical (unpaired) electrons. The lowest BCUT2D eigenvalue weighted by Crippen LogP contribution is -2.44. The highest BCUT2D eigenvalue weighted by atomic mass is 32.2. The summed E-state index contributed by atoms with van der Waals surface area (Å²) in [7, 11) is -3.28. The maximum Gasteiger partial charge on any atom is 0.308 e. The van der Waals surface area contributed by atoms with Crippen LogP contribution in [0.4, 0.5) is 0 Å². The molecule has 2 N–H and O–H groups in total. The third kappa shape index (κ3) is 1.70. The lowest BCUT2D eigenvalue weighted by atomic mass is 9.70. The van der Waals surface area contributed by atoms with Gasteiger partial charge in [0.1, 0.15) is 0 Å². The molecular formula is C13H15NO4S. The molecule has 0 amide bonds. The van der Waals surface area contributed by atoms with E-state index in [0.29, 0.717) is 30.0 Å². The number of hydrogen-bond donors (Lipinski definition) is 2. The molecule has 1 fully saturated rings. The second kappa shape index (κ2) is 4.05. The summed E-state index contributed by atoms with van der Waals surface area (Å²) in [6, 6.07) is 6.81. The van der Waals surface area contributed by atoms with E-state index in [2.05, 4.69) is 5.32 Å². The smallest absolute Gasteiger partial charge is 0.308 e. The first kappa shape index (κ1) is 12.6. The van der Waals surface area contributed by atoms with Crippen molar-refractivity contribution in [2.75, 3.05) is 18.8 Å². The number of nitrogens with one attached hydrogen (secondary N) is 1. The van der Waals surface area contributed by atoms with Crippen molar-refractivity contribution in [2.24, 2.45) is 5.92 Å². The van der Waals surface area contributed by atoms with Gasteiger partial charge in [0.05, 0.1) is 16.6 Å². The number of carbonyl (C=O) groups is 1. The first-order valence-corrected chi connectivity index (χ1v) is 7.88. The van der Waals surface area contributed by atoms with Gasteiger partial charge in [-0.05, 0) is 18.1 Å². The highest BCUT2D eigenvalue weighted by Gasteiger charge is 2.52. The van der Waals surface area contributed by atoms with Crippen LogP contribution < -0.4 is 5.32 Å². The Morgan fingerprint density at radius 2 is 2.11 bits per heavy atom. The third-order valence-electron chi connectivity index (χ3n) is 4.33. The summed E-state index contributed by atoms with van der Waals surface area (Å²) in [6.07, 6.45) is 0.371. The molecule has 2 unspecified atom stereocenters.